The second-order valence-electron chi connectivity index (χ2n) is 20.5. The molecule has 15 rings (SSSR count). The van der Waals surface area contributed by atoms with Gasteiger partial charge in [0.25, 0.3) is 0 Å². The SMILES string of the molecule is C1CCOC1.C1CCOC1.C1CCOC1.[K+].[K+].[K+].[Yb+3].c1ccc(C(c2ccccc2)(c2ccc[n-]2)c2ccc[n-]2)cc1.c1ccc(C(c2ccccc2)(c2ccc[n-]2)c2ccc[n-]2)cc1.c1ccc(C(c2ccccc2)(c2ccc[n-]2)c2ccc[n-]2)cc1. The van der Waals surface area contributed by atoms with Crippen LogP contribution in [-0.4, -0.2) is 39.6 Å². The fourth-order valence-electron chi connectivity index (χ4n) is 11.5. The first-order chi connectivity index (χ1) is 41.8. The number of nitrogens with zero attached hydrogens (tertiary/aromatic N) is 6. The van der Waals surface area contributed by atoms with Crippen LogP contribution >= 0.6 is 0 Å². The number of hydrogen-bond acceptors (Lipinski definition) is 3. The fraction of sp³-hybridized carbons (Fsp3) is 0.200. The van der Waals surface area contributed by atoms with E-state index in [0.29, 0.717) is 0 Å². The summed E-state index contributed by atoms with van der Waals surface area (Å²) in [6.45, 7) is 6.00. The van der Waals surface area contributed by atoms with Crippen LogP contribution < -0.4 is 184 Å². The van der Waals surface area contributed by atoms with E-state index in [0.717, 1.165) is 73.8 Å². The predicted molar refractivity (Wildman–Crippen MR) is 334 cm³/mol. The third-order valence-electron chi connectivity index (χ3n) is 15.4. The minimum atomic E-state index is -0.491. The van der Waals surface area contributed by atoms with E-state index in [4.69, 9.17) is 14.2 Å². The molecule has 6 aromatic carbocycles. The van der Waals surface area contributed by atoms with Crippen LogP contribution in [0.1, 0.15) is 106 Å². The summed E-state index contributed by atoms with van der Waals surface area (Å²) < 4.78 is 14.8. The van der Waals surface area contributed by atoms with Crippen LogP contribution in [0.4, 0.5) is 0 Å². The van der Waals surface area contributed by atoms with Crippen LogP contribution in [0.3, 0.4) is 0 Å². The minimum absolute atomic E-state index is 0. The Hall–Kier alpha value is -2.69. The molecule has 9 nitrogen and oxygen atoms in total. The van der Waals surface area contributed by atoms with Crippen molar-refractivity contribution in [3.8, 4) is 0 Å². The summed E-state index contributed by atoms with van der Waals surface area (Å²) in [5, 5.41) is 0. The largest absolute Gasteiger partial charge is 3.00 e. The molecule has 0 unspecified atom stereocenters. The summed E-state index contributed by atoms with van der Waals surface area (Å²) in [7, 11) is 0. The van der Waals surface area contributed by atoms with E-state index in [-0.39, 0.29) is 201 Å². The van der Waals surface area contributed by atoms with Gasteiger partial charge in [-0.25, -0.2) is 0 Å². The number of aromatic nitrogens is 6. The number of rotatable bonds is 12. The average Bonchev–Trinajstić information content (AvgIpc) is 1.34. The van der Waals surface area contributed by atoms with Crippen molar-refractivity contribution in [3.63, 3.8) is 0 Å². The maximum Gasteiger partial charge on any atom is 3.00 e. The van der Waals surface area contributed by atoms with Gasteiger partial charge in [0.1, 0.15) is 0 Å². The molecular formula is C75H72K3N6O3Yb. The molecular weight excluding hydrogens is 1320 g/mol. The summed E-state index contributed by atoms with van der Waals surface area (Å²) in [6, 6.07) is 87.2. The molecule has 3 saturated heterocycles. The van der Waals surface area contributed by atoms with E-state index in [9.17, 15) is 0 Å². The normalized spacial score (nSPS) is 13.1. The standard InChI is InChI=1S/3C21H16N2.3C4H8O.3K.Yb/c3*1-3-9-17(10-4-1)21(19-13-7-15-22-19,20-14-8-16-23-20)18-11-5-2-6-12-18;3*1-2-4-5-3-1;;;;/h3*1-16H;3*1-4H2;;;;/q3*-2;;;;3*+1;+3. The van der Waals surface area contributed by atoms with Gasteiger partial charge in [0.15, 0.2) is 0 Å². The Labute approximate surface area is 687 Å². The van der Waals surface area contributed by atoms with Crippen LogP contribution in [0.5, 0.6) is 0 Å². The molecule has 6 aromatic heterocycles. The van der Waals surface area contributed by atoms with Gasteiger partial charge < -0.3 is 44.1 Å². The Morgan fingerprint density at radius 1 is 0.205 bits per heavy atom. The number of ether oxygens (including phenoxy) is 3. The second kappa shape index (κ2) is 40.4. The van der Waals surface area contributed by atoms with E-state index in [1.165, 1.54) is 71.9 Å². The van der Waals surface area contributed by atoms with Gasteiger partial charge in [-0.05, 0) is 71.9 Å². The zero-order valence-corrected chi connectivity index (χ0v) is 62.0. The van der Waals surface area contributed by atoms with Gasteiger partial charge in [-0.1, -0.05) is 255 Å². The molecule has 0 bridgehead atoms. The first-order valence-electron chi connectivity index (χ1n) is 29.3. The van der Waals surface area contributed by atoms with Crippen molar-refractivity contribution >= 4 is 0 Å². The summed E-state index contributed by atoms with van der Waals surface area (Å²) in [5.41, 5.74) is 11.5. The predicted octanol–water partition coefficient (Wildman–Crippen LogP) is 5.35. The smallest absolute Gasteiger partial charge is 0.666 e. The second-order valence-corrected chi connectivity index (χ2v) is 20.5. The summed E-state index contributed by atoms with van der Waals surface area (Å²) >= 11 is 0. The molecule has 12 aromatic rings. The van der Waals surface area contributed by atoms with Crippen molar-refractivity contribution in [2.24, 2.45) is 0 Å². The quantitative estimate of drug-likeness (QED) is 0.150. The van der Waals surface area contributed by atoms with Crippen LogP contribution in [0, 0.1) is 46.9 Å². The van der Waals surface area contributed by atoms with Crippen LogP contribution in [0.2, 0.25) is 0 Å². The van der Waals surface area contributed by atoms with Gasteiger partial charge >= 0.3 is 201 Å². The summed E-state index contributed by atoms with van der Waals surface area (Å²) in [6.07, 6.45) is 18.7. The van der Waals surface area contributed by atoms with Crippen molar-refractivity contribution in [3.05, 3.63) is 360 Å². The Morgan fingerprint density at radius 3 is 0.455 bits per heavy atom. The molecule has 88 heavy (non-hydrogen) atoms. The van der Waals surface area contributed by atoms with E-state index < -0.39 is 16.2 Å². The van der Waals surface area contributed by atoms with E-state index in [1.54, 1.807) is 0 Å². The average molecular weight is 1400 g/mol. The first-order valence-corrected chi connectivity index (χ1v) is 29.3. The molecule has 9 heterocycles. The molecule has 3 aliphatic heterocycles. The molecule has 3 aliphatic rings. The third-order valence-corrected chi connectivity index (χ3v) is 15.4. The Balaban J connectivity index is 0.000000183. The summed E-state index contributed by atoms with van der Waals surface area (Å²) in [5.74, 6) is 0. The van der Waals surface area contributed by atoms with Gasteiger partial charge in [0, 0.05) is 55.9 Å². The third kappa shape index (κ3) is 18.6. The molecule has 0 aliphatic carbocycles. The van der Waals surface area contributed by atoms with Crippen LogP contribution in [0.25, 0.3) is 0 Å². The minimum Gasteiger partial charge on any atom is -0.666 e. The fourth-order valence-corrected chi connectivity index (χ4v) is 11.5. The molecule has 0 spiro atoms. The van der Waals surface area contributed by atoms with Gasteiger partial charge in [-0.15, -0.1) is 34.2 Å². The molecule has 1 radical (unpaired) electrons. The van der Waals surface area contributed by atoms with E-state index in [2.05, 4.69) is 212 Å². The van der Waals surface area contributed by atoms with E-state index >= 15 is 0 Å². The molecule has 0 atom stereocenters. The van der Waals surface area contributed by atoms with Gasteiger partial charge in [0.05, 0.1) is 0 Å². The molecule has 0 saturated carbocycles. The maximum atomic E-state index is 4.94. The zero-order valence-electron chi connectivity index (χ0n) is 50.9. The van der Waals surface area contributed by atoms with Gasteiger partial charge in [0.2, 0.25) is 0 Å². The molecule has 0 amide bonds. The van der Waals surface area contributed by atoms with Crippen molar-refractivity contribution in [2.75, 3.05) is 39.6 Å². The topological polar surface area (TPSA) is 112 Å². The van der Waals surface area contributed by atoms with Gasteiger partial charge in [-0.2, -0.15) is 37.2 Å². The Bertz CT molecular complexity index is 2940. The van der Waals surface area contributed by atoms with Crippen molar-refractivity contribution in [2.45, 2.75) is 54.8 Å². The van der Waals surface area contributed by atoms with E-state index in [1.807, 2.05) is 110 Å². The maximum absolute atomic E-state index is 4.94. The van der Waals surface area contributed by atoms with Crippen molar-refractivity contribution in [1.82, 2.24) is 29.9 Å². The Kier molecular flexibility index (Phi) is 34.2. The monoisotopic (exact) mass is 1400 g/mol. The van der Waals surface area contributed by atoms with Gasteiger partial charge in [-0.3, -0.25) is 0 Å². The van der Waals surface area contributed by atoms with Crippen molar-refractivity contribution < 1.29 is 215 Å². The zero-order chi connectivity index (χ0) is 57.2. The van der Waals surface area contributed by atoms with Crippen LogP contribution in [0.15, 0.2) is 292 Å². The van der Waals surface area contributed by atoms with Crippen molar-refractivity contribution in [1.29, 1.82) is 0 Å². The first kappa shape index (κ1) is 74.3. The molecule has 13 heteroatoms. The number of hydrogen-bond donors (Lipinski definition) is 0. The number of benzene rings is 6. The molecule has 3 fully saturated rings. The molecule has 0 N–H and O–H groups in total. The Morgan fingerprint density at radius 2 is 0.352 bits per heavy atom. The van der Waals surface area contributed by atoms with Crippen LogP contribution in [-0.2, 0) is 30.5 Å². The summed E-state index contributed by atoms with van der Waals surface area (Å²) in [4.78, 5) is 27.9. The molecule has 437 valence electrons.